The van der Waals surface area contributed by atoms with Gasteiger partial charge in [0.25, 0.3) is 0 Å². The quantitative estimate of drug-likeness (QED) is 0.321. The van der Waals surface area contributed by atoms with E-state index in [-0.39, 0.29) is 24.0 Å². The van der Waals surface area contributed by atoms with E-state index in [0.717, 1.165) is 38.1 Å². The van der Waals surface area contributed by atoms with Crippen molar-refractivity contribution in [1.82, 2.24) is 15.5 Å². The molecular formula is C22H41IN4O2. The summed E-state index contributed by atoms with van der Waals surface area (Å²) in [6.45, 7) is 8.45. The van der Waals surface area contributed by atoms with Crippen molar-refractivity contribution in [2.24, 2.45) is 16.3 Å². The molecule has 6 nitrogen and oxygen atoms in total. The Balaban J connectivity index is 0.00000240. The highest BCUT2D eigenvalue weighted by Gasteiger charge is 2.57. The number of rotatable bonds is 6. The second-order valence-corrected chi connectivity index (χ2v) is 9.34. The van der Waals surface area contributed by atoms with Crippen LogP contribution in [0.1, 0.15) is 58.3 Å². The fraction of sp³-hybridized carbons (Fsp3) is 0.955. The van der Waals surface area contributed by atoms with Gasteiger partial charge in [0.05, 0.1) is 12.7 Å². The van der Waals surface area contributed by atoms with Gasteiger partial charge in [0.1, 0.15) is 0 Å². The Morgan fingerprint density at radius 2 is 1.93 bits per heavy atom. The second kappa shape index (κ2) is 11.0. The highest BCUT2D eigenvalue weighted by atomic mass is 127. The van der Waals surface area contributed by atoms with Gasteiger partial charge >= 0.3 is 0 Å². The largest absolute Gasteiger partial charge is 0.381 e. The molecule has 4 fully saturated rings. The minimum atomic E-state index is 0. The van der Waals surface area contributed by atoms with Gasteiger partial charge in [-0.15, -0.1) is 24.0 Å². The van der Waals surface area contributed by atoms with E-state index in [1.807, 2.05) is 7.05 Å². The van der Waals surface area contributed by atoms with E-state index in [9.17, 15) is 0 Å². The highest BCUT2D eigenvalue weighted by molar-refractivity contribution is 14.0. The number of halogens is 1. The summed E-state index contributed by atoms with van der Waals surface area (Å²) >= 11 is 0. The fourth-order valence-corrected chi connectivity index (χ4v) is 5.97. The monoisotopic (exact) mass is 520 g/mol. The molecule has 168 valence electrons. The molecule has 2 heterocycles. The van der Waals surface area contributed by atoms with Crippen molar-refractivity contribution in [3.8, 4) is 0 Å². The maximum Gasteiger partial charge on any atom is 0.191 e. The zero-order valence-corrected chi connectivity index (χ0v) is 20.7. The average molecular weight is 521 g/mol. The molecule has 3 atom stereocenters. The van der Waals surface area contributed by atoms with Gasteiger partial charge in [0, 0.05) is 57.4 Å². The Kier molecular flexibility index (Phi) is 8.89. The molecule has 0 aromatic heterocycles. The number of hydrogen-bond donors (Lipinski definition) is 2. The minimum absolute atomic E-state index is 0. The normalized spacial score (nSPS) is 32.8. The minimum Gasteiger partial charge on any atom is -0.381 e. The summed E-state index contributed by atoms with van der Waals surface area (Å²) in [6.07, 6.45) is 10.5. The lowest BCUT2D eigenvalue weighted by atomic mass is 9.60. The zero-order valence-electron chi connectivity index (χ0n) is 18.3. The predicted molar refractivity (Wildman–Crippen MR) is 128 cm³/mol. The van der Waals surface area contributed by atoms with Crippen LogP contribution in [-0.4, -0.2) is 75.5 Å². The van der Waals surface area contributed by atoms with Gasteiger partial charge in [-0.25, -0.2) is 0 Å². The van der Waals surface area contributed by atoms with Gasteiger partial charge in [-0.3, -0.25) is 4.99 Å². The third-order valence-corrected chi connectivity index (χ3v) is 7.69. The molecule has 2 aliphatic heterocycles. The van der Waals surface area contributed by atoms with Crippen LogP contribution in [0.3, 0.4) is 0 Å². The highest BCUT2D eigenvalue weighted by Crippen LogP contribution is 2.54. The first-order valence-electron chi connectivity index (χ1n) is 11.6. The van der Waals surface area contributed by atoms with Gasteiger partial charge in [-0.05, 0) is 51.4 Å². The Labute approximate surface area is 194 Å². The number of nitrogens with one attached hydrogen (secondary N) is 2. The van der Waals surface area contributed by atoms with Crippen LogP contribution in [0.25, 0.3) is 0 Å². The van der Waals surface area contributed by atoms with Crippen LogP contribution in [0.2, 0.25) is 0 Å². The van der Waals surface area contributed by atoms with Crippen LogP contribution >= 0.6 is 24.0 Å². The molecule has 0 aromatic carbocycles. The molecule has 2 aliphatic carbocycles. The Morgan fingerprint density at radius 3 is 2.55 bits per heavy atom. The molecule has 0 radical (unpaired) electrons. The Bertz CT molecular complexity index is 527. The summed E-state index contributed by atoms with van der Waals surface area (Å²) in [6, 6.07) is 1.05. The number of piperidine rings is 1. The van der Waals surface area contributed by atoms with Crippen molar-refractivity contribution >= 4 is 29.9 Å². The number of nitrogens with zero attached hydrogens (tertiary/aromatic N) is 2. The molecule has 2 saturated carbocycles. The van der Waals surface area contributed by atoms with Crippen molar-refractivity contribution in [3.63, 3.8) is 0 Å². The Morgan fingerprint density at radius 1 is 1.17 bits per heavy atom. The third-order valence-electron chi connectivity index (χ3n) is 7.69. The molecule has 2 N–H and O–H groups in total. The second-order valence-electron chi connectivity index (χ2n) is 9.34. The van der Waals surface area contributed by atoms with E-state index in [0.29, 0.717) is 23.6 Å². The standard InChI is InChI=1S/C22H40N4O2.HI/c1-3-28-20-14-19(22(20)9-4-5-10-22)25-21(23-2)24-18-6-11-26(12-7-18)15-17-8-13-27-16-17;/h17-20H,3-16H2,1-2H3,(H2,23,24,25);1H. The van der Waals surface area contributed by atoms with Crippen molar-refractivity contribution in [2.45, 2.75) is 76.5 Å². The van der Waals surface area contributed by atoms with E-state index < -0.39 is 0 Å². The lowest BCUT2D eigenvalue weighted by Crippen LogP contribution is -2.65. The molecule has 7 heteroatoms. The number of aliphatic imine (C=N–C) groups is 1. The van der Waals surface area contributed by atoms with E-state index in [1.54, 1.807) is 0 Å². The molecule has 2 saturated heterocycles. The number of likely N-dealkylation sites (tertiary alicyclic amines) is 1. The number of hydrogen-bond acceptors (Lipinski definition) is 4. The van der Waals surface area contributed by atoms with E-state index in [2.05, 4.69) is 27.4 Å². The molecule has 0 amide bonds. The van der Waals surface area contributed by atoms with Crippen LogP contribution in [0.15, 0.2) is 4.99 Å². The molecule has 4 rings (SSSR count). The van der Waals surface area contributed by atoms with Crippen LogP contribution in [0.4, 0.5) is 0 Å². The van der Waals surface area contributed by atoms with E-state index in [4.69, 9.17) is 9.47 Å². The lowest BCUT2D eigenvalue weighted by Gasteiger charge is -2.54. The van der Waals surface area contributed by atoms with Gasteiger partial charge in [0.2, 0.25) is 0 Å². The maximum atomic E-state index is 6.06. The number of guanidine groups is 1. The van der Waals surface area contributed by atoms with Gasteiger partial charge < -0.3 is 25.0 Å². The van der Waals surface area contributed by atoms with Gasteiger partial charge in [-0.1, -0.05) is 12.8 Å². The van der Waals surface area contributed by atoms with Crippen molar-refractivity contribution < 1.29 is 9.47 Å². The lowest BCUT2D eigenvalue weighted by molar-refractivity contribution is -0.125. The van der Waals surface area contributed by atoms with Crippen LogP contribution < -0.4 is 10.6 Å². The molecule has 3 unspecified atom stereocenters. The third kappa shape index (κ3) is 5.39. The van der Waals surface area contributed by atoms with Crippen molar-refractivity contribution in [1.29, 1.82) is 0 Å². The summed E-state index contributed by atoms with van der Waals surface area (Å²) in [5, 5.41) is 7.49. The maximum absolute atomic E-state index is 6.06. The van der Waals surface area contributed by atoms with Crippen molar-refractivity contribution in [2.75, 3.05) is 46.5 Å². The smallest absolute Gasteiger partial charge is 0.191 e. The van der Waals surface area contributed by atoms with Crippen molar-refractivity contribution in [3.05, 3.63) is 0 Å². The van der Waals surface area contributed by atoms with Gasteiger partial charge in [-0.2, -0.15) is 0 Å². The molecule has 4 aliphatic rings. The summed E-state index contributed by atoms with van der Waals surface area (Å²) in [4.78, 5) is 7.18. The summed E-state index contributed by atoms with van der Waals surface area (Å²) in [5.74, 6) is 1.74. The van der Waals surface area contributed by atoms with E-state index in [1.165, 1.54) is 64.6 Å². The number of ether oxygens (including phenoxy) is 2. The van der Waals surface area contributed by atoms with Gasteiger partial charge in [0.15, 0.2) is 5.96 Å². The summed E-state index contributed by atoms with van der Waals surface area (Å²) in [5.41, 5.74) is 0.348. The van der Waals surface area contributed by atoms with Crippen LogP contribution in [0, 0.1) is 11.3 Å². The zero-order chi connectivity index (χ0) is 19.4. The SMILES string of the molecule is CCOC1CC(NC(=NC)NC2CCN(CC3CCOC3)CC2)C12CCCC2.I. The summed E-state index contributed by atoms with van der Waals surface area (Å²) < 4.78 is 11.6. The molecule has 1 spiro atoms. The molecule has 0 bridgehead atoms. The molecular weight excluding hydrogens is 479 g/mol. The first-order chi connectivity index (χ1) is 13.7. The van der Waals surface area contributed by atoms with Crippen LogP contribution in [-0.2, 0) is 9.47 Å². The Hall–Kier alpha value is -0.120. The molecule has 29 heavy (non-hydrogen) atoms. The van der Waals surface area contributed by atoms with E-state index >= 15 is 0 Å². The first kappa shape index (κ1) is 23.5. The van der Waals surface area contributed by atoms with Crippen LogP contribution in [0.5, 0.6) is 0 Å². The molecule has 0 aromatic rings. The topological polar surface area (TPSA) is 58.1 Å². The average Bonchev–Trinajstić information content (AvgIpc) is 3.41. The fourth-order valence-electron chi connectivity index (χ4n) is 5.97. The first-order valence-corrected chi connectivity index (χ1v) is 11.6. The summed E-state index contributed by atoms with van der Waals surface area (Å²) in [7, 11) is 1.91. The predicted octanol–water partition coefficient (Wildman–Crippen LogP) is 3.01.